The molecule has 1 aliphatic rings. The number of halogens is 2. The SMILES string of the molecule is O=C(CSc1nnc(-c2cccnc2)n1-c1ccccc1Cl)N1CCN(c2cccc(Cl)c2)CC1. The van der Waals surface area contributed by atoms with E-state index in [1.807, 2.05) is 70.1 Å². The Kier molecular flexibility index (Phi) is 7.22. The molecule has 178 valence electrons. The van der Waals surface area contributed by atoms with E-state index in [0.29, 0.717) is 34.1 Å². The lowest BCUT2D eigenvalue weighted by molar-refractivity contribution is -0.128. The summed E-state index contributed by atoms with van der Waals surface area (Å²) in [5.41, 5.74) is 2.65. The molecule has 2 aromatic carbocycles. The molecule has 0 radical (unpaired) electrons. The van der Waals surface area contributed by atoms with Gasteiger partial charge in [-0.15, -0.1) is 10.2 Å². The highest BCUT2D eigenvalue weighted by Gasteiger charge is 2.24. The van der Waals surface area contributed by atoms with Crippen molar-refractivity contribution >= 4 is 46.6 Å². The van der Waals surface area contributed by atoms with E-state index in [0.717, 1.165) is 30.0 Å². The fraction of sp³-hybridized carbons (Fsp3) is 0.200. The van der Waals surface area contributed by atoms with E-state index in [-0.39, 0.29) is 11.7 Å². The average Bonchev–Trinajstić information content (AvgIpc) is 3.32. The molecule has 0 bridgehead atoms. The lowest BCUT2D eigenvalue weighted by atomic mass is 10.2. The number of carbonyl (C=O) groups is 1. The molecule has 0 spiro atoms. The first-order valence-electron chi connectivity index (χ1n) is 11.1. The van der Waals surface area contributed by atoms with Gasteiger partial charge in [-0.3, -0.25) is 14.3 Å². The molecule has 1 fully saturated rings. The van der Waals surface area contributed by atoms with Crippen molar-refractivity contribution in [2.45, 2.75) is 5.16 Å². The summed E-state index contributed by atoms with van der Waals surface area (Å²) in [6.07, 6.45) is 3.44. The number of piperazine rings is 1. The fourth-order valence-electron chi connectivity index (χ4n) is 4.00. The second kappa shape index (κ2) is 10.7. The van der Waals surface area contributed by atoms with E-state index >= 15 is 0 Å². The van der Waals surface area contributed by atoms with Gasteiger partial charge in [0, 0.05) is 54.8 Å². The maximum atomic E-state index is 13.0. The first kappa shape index (κ1) is 23.7. The topological polar surface area (TPSA) is 67.2 Å². The molecule has 0 N–H and O–H groups in total. The van der Waals surface area contributed by atoms with Gasteiger partial charge in [-0.05, 0) is 42.5 Å². The van der Waals surface area contributed by atoms with Crippen molar-refractivity contribution in [1.29, 1.82) is 0 Å². The number of aromatic nitrogens is 4. The summed E-state index contributed by atoms with van der Waals surface area (Å²) in [4.78, 5) is 21.4. The summed E-state index contributed by atoms with van der Waals surface area (Å²) in [5.74, 6) is 0.945. The number of carbonyl (C=O) groups excluding carboxylic acids is 1. The van der Waals surface area contributed by atoms with Gasteiger partial charge in [0.1, 0.15) is 0 Å². The predicted octanol–water partition coefficient (Wildman–Crippen LogP) is 5.08. The van der Waals surface area contributed by atoms with Crippen LogP contribution in [-0.2, 0) is 4.79 Å². The van der Waals surface area contributed by atoms with Crippen molar-refractivity contribution in [3.05, 3.63) is 83.1 Å². The number of para-hydroxylation sites is 1. The molecule has 0 aliphatic carbocycles. The molecular formula is C25H22Cl2N6OS. The summed E-state index contributed by atoms with van der Waals surface area (Å²) in [6.45, 7) is 2.84. The minimum atomic E-state index is 0.0670. The van der Waals surface area contributed by atoms with Crippen molar-refractivity contribution in [3.63, 3.8) is 0 Å². The molecule has 1 aliphatic heterocycles. The van der Waals surface area contributed by atoms with Crippen LogP contribution in [0.15, 0.2) is 78.2 Å². The molecule has 5 rings (SSSR count). The zero-order valence-electron chi connectivity index (χ0n) is 18.7. The van der Waals surface area contributed by atoms with E-state index in [4.69, 9.17) is 23.2 Å². The van der Waals surface area contributed by atoms with Crippen LogP contribution in [0.25, 0.3) is 17.1 Å². The Balaban J connectivity index is 1.30. The Morgan fingerprint density at radius 2 is 1.77 bits per heavy atom. The molecule has 1 saturated heterocycles. The summed E-state index contributed by atoms with van der Waals surface area (Å²) in [5, 5.41) is 10.7. The number of thioether (sulfide) groups is 1. The number of rotatable bonds is 6. The number of hydrogen-bond donors (Lipinski definition) is 0. The molecule has 3 heterocycles. The molecule has 35 heavy (non-hydrogen) atoms. The highest BCUT2D eigenvalue weighted by molar-refractivity contribution is 7.99. The third-order valence-corrected chi connectivity index (χ3v) is 7.25. The Morgan fingerprint density at radius 1 is 0.943 bits per heavy atom. The first-order valence-corrected chi connectivity index (χ1v) is 12.9. The summed E-state index contributed by atoms with van der Waals surface area (Å²) < 4.78 is 1.88. The van der Waals surface area contributed by atoms with Crippen LogP contribution in [0.2, 0.25) is 10.0 Å². The van der Waals surface area contributed by atoms with E-state index in [9.17, 15) is 4.79 Å². The third kappa shape index (κ3) is 5.29. The maximum absolute atomic E-state index is 13.0. The molecule has 7 nitrogen and oxygen atoms in total. The lowest BCUT2D eigenvalue weighted by Gasteiger charge is -2.36. The zero-order valence-corrected chi connectivity index (χ0v) is 21.0. The van der Waals surface area contributed by atoms with Gasteiger partial charge in [0.05, 0.1) is 16.5 Å². The summed E-state index contributed by atoms with van der Waals surface area (Å²) in [6, 6.07) is 19.1. The monoisotopic (exact) mass is 524 g/mol. The van der Waals surface area contributed by atoms with Crippen molar-refractivity contribution in [2.24, 2.45) is 0 Å². The Labute approximate surface area is 217 Å². The van der Waals surface area contributed by atoms with Crippen molar-refractivity contribution in [1.82, 2.24) is 24.6 Å². The van der Waals surface area contributed by atoms with Gasteiger partial charge in [-0.2, -0.15) is 0 Å². The number of nitrogens with zero attached hydrogens (tertiary/aromatic N) is 6. The van der Waals surface area contributed by atoms with Gasteiger partial charge in [0.25, 0.3) is 0 Å². The number of pyridine rings is 1. The van der Waals surface area contributed by atoms with Gasteiger partial charge in [0.15, 0.2) is 11.0 Å². The molecule has 4 aromatic rings. The largest absolute Gasteiger partial charge is 0.368 e. The molecule has 0 atom stereocenters. The second-order valence-corrected chi connectivity index (χ2v) is 9.76. The molecule has 0 unspecified atom stereocenters. The Hall–Kier alpha value is -3.07. The standard InChI is InChI=1S/C25H22Cl2N6OS/c26-19-6-3-7-20(15-19)31-11-13-32(14-12-31)23(34)17-35-25-30-29-24(18-5-4-10-28-16-18)33(25)22-9-2-1-8-21(22)27/h1-10,15-16H,11-14,17H2. The molecule has 0 saturated carbocycles. The molecule has 2 aromatic heterocycles. The van der Waals surface area contributed by atoms with Crippen LogP contribution in [0.3, 0.4) is 0 Å². The Morgan fingerprint density at radius 3 is 2.51 bits per heavy atom. The molecule has 1 amide bonds. The van der Waals surface area contributed by atoms with Crippen LogP contribution in [0.4, 0.5) is 5.69 Å². The van der Waals surface area contributed by atoms with Crippen LogP contribution in [0, 0.1) is 0 Å². The van der Waals surface area contributed by atoms with Crippen LogP contribution in [0.1, 0.15) is 0 Å². The quantitative estimate of drug-likeness (QED) is 0.327. The van der Waals surface area contributed by atoms with Gasteiger partial charge in [0.2, 0.25) is 5.91 Å². The number of anilines is 1. The van der Waals surface area contributed by atoms with Gasteiger partial charge in [-0.1, -0.05) is 53.2 Å². The van der Waals surface area contributed by atoms with Crippen LogP contribution < -0.4 is 4.90 Å². The smallest absolute Gasteiger partial charge is 0.233 e. The third-order valence-electron chi connectivity index (χ3n) is 5.78. The summed E-state index contributed by atoms with van der Waals surface area (Å²) in [7, 11) is 0. The van der Waals surface area contributed by atoms with E-state index in [2.05, 4.69) is 20.1 Å². The van der Waals surface area contributed by atoms with Crippen molar-refractivity contribution in [3.8, 4) is 17.1 Å². The van der Waals surface area contributed by atoms with E-state index in [1.54, 1.807) is 12.4 Å². The number of benzene rings is 2. The minimum absolute atomic E-state index is 0.0670. The molecular weight excluding hydrogens is 503 g/mol. The highest BCUT2D eigenvalue weighted by atomic mass is 35.5. The lowest BCUT2D eigenvalue weighted by Crippen LogP contribution is -2.49. The van der Waals surface area contributed by atoms with Crippen LogP contribution >= 0.6 is 35.0 Å². The summed E-state index contributed by atoms with van der Waals surface area (Å²) >= 11 is 14.0. The average molecular weight is 525 g/mol. The number of hydrogen-bond acceptors (Lipinski definition) is 6. The van der Waals surface area contributed by atoms with Gasteiger partial charge < -0.3 is 9.80 Å². The number of amides is 1. The predicted molar refractivity (Wildman–Crippen MR) is 141 cm³/mol. The van der Waals surface area contributed by atoms with E-state index in [1.165, 1.54) is 11.8 Å². The van der Waals surface area contributed by atoms with E-state index < -0.39 is 0 Å². The van der Waals surface area contributed by atoms with Crippen LogP contribution in [0.5, 0.6) is 0 Å². The van der Waals surface area contributed by atoms with Gasteiger partial charge in [-0.25, -0.2) is 0 Å². The fourth-order valence-corrected chi connectivity index (χ4v) is 5.25. The van der Waals surface area contributed by atoms with Gasteiger partial charge >= 0.3 is 0 Å². The minimum Gasteiger partial charge on any atom is -0.368 e. The Bertz CT molecular complexity index is 1320. The highest BCUT2D eigenvalue weighted by Crippen LogP contribution is 2.31. The zero-order chi connectivity index (χ0) is 24.2. The second-order valence-electron chi connectivity index (χ2n) is 7.97. The molecule has 10 heteroatoms. The first-order chi connectivity index (χ1) is 17.1. The maximum Gasteiger partial charge on any atom is 0.233 e. The van der Waals surface area contributed by atoms with Crippen LogP contribution in [-0.4, -0.2) is 62.5 Å². The van der Waals surface area contributed by atoms with Crippen molar-refractivity contribution < 1.29 is 4.79 Å². The normalized spacial score (nSPS) is 13.8. The van der Waals surface area contributed by atoms with Crippen molar-refractivity contribution in [2.75, 3.05) is 36.8 Å².